The van der Waals surface area contributed by atoms with E-state index in [1.807, 2.05) is 11.3 Å². The van der Waals surface area contributed by atoms with Crippen molar-refractivity contribution in [3.05, 3.63) is 20.8 Å². The van der Waals surface area contributed by atoms with Crippen LogP contribution in [0.4, 0.5) is 0 Å². The van der Waals surface area contributed by atoms with Crippen molar-refractivity contribution < 1.29 is 0 Å². The monoisotopic (exact) mass is 309 g/mol. The van der Waals surface area contributed by atoms with Crippen molar-refractivity contribution in [1.29, 1.82) is 0 Å². The molecular weight excluding hydrogens is 294 g/mol. The predicted octanol–water partition coefficient (Wildman–Crippen LogP) is 4.21. The summed E-state index contributed by atoms with van der Waals surface area (Å²) >= 11 is 5.30. The molecule has 0 saturated heterocycles. The topological polar surface area (TPSA) is 12.0 Å². The highest BCUT2D eigenvalue weighted by molar-refractivity contribution is 9.11. The van der Waals surface area contributed by atoms with E-state index in [1.165, 1.54) is 34.5 Å². The fourth-order valence-corrected chi connectivity index (χ4v) is 3.34. The predicted molar refractivity (Wildman–Crippen MR) is 72.9 cm³/mol. The molecule has 0 radical (unpaired) electrons. The highest BCUT2D eigenvalue weighted by Crippen LogP contribution is 2.39. The van der Waals surface area contributed by atoms with Gasteiger partial charge in [-0.25, -0.2) is 0 Å². The van der Waals surface area contributed by atoms with Crippen molar-refractivity contribution in [2.75, 3.05) is 6.54 Å². The van der Waals surface area contributed by atoms with Crippen LogP contribution in [-0.2, 0) is 6.54 Å². The van der Waals surface area contributed by atoms with Crippen molar-refractivity contribution >= 4 is 39.7 Å². The molecule has 2 rings (SSSR count). The summed E-state index contributed by atoms with van der Waals surface area (Å²) in [6.45, 7) is 4.57. The molecule has 1 heterocycles. The molecule has 0 unspecified atom stereocenters. The minimum absolute atomic E-state index is 0. The van der Waals surface area contributed by atoms with Gasteiger partial charge < -0.3 is 5.32 Å². The molecule has 1 fully saturated rings. The lowest BCUT2D eigenvalue weighted by atomic mass is 9.70. The Bertz CT molecular complexity index is 309. The van der Waals surface area contributed by atoms with Crippen LogP contribution in [0.1, 0.15) is 31.1 Å². The van der Waals surface area contributed by atoms with Gasteiger partial charge in [0.1, 0.15) is 0 Å². The van der Waals surface area contributed by atoms with Crippen LogP contribution in [0.5, 0.6) is 0 Å². The van der Waals surface area contributed by atoms with Gasteiger partial charge in [0.05, 0.1) is 3.79 Å². The number of halogens is 2. The molecule has 4 heteroatoms. The number of hydrogen-bond acceptors (Lipinski definition) is 2. The minimum Gasteiger partial charge on any atom is -0.311 e. The molecule has 86 valence electrons. The summed E-state index contributed by atoms with van der Waals surface area (Å²) in [5, 5.41) is 3.55. The van der Waals surface area contributed by atoms with Crippen molar-refractivity contribution in [3.8, 4) is 0 Å². The molecule has 1 N–H and O–H groups in total. The summed E-state index contributed by atoms with van der Waals surface area (Å²) in [7, 11) is 0. The number of thiophene rings is 1. The molecule has 0 spiro atoms. The standard InChI is InChI=1S/C11H16BrNS.ClH/c1-11(5-2-6-11)8-13-7-9-3-4-10(12)14-9;/h3-4,13H,2,5-8H2,1H3;1H. The van der Waals surface area contributed by atoms with Gasteiger partial charge in [0.15, 0.2) is 0 Å². The lowest BCUT2D eigenvalue weighted by Crippen LogP contribution is -2.36. The lowest BCUT2D eigenvalue weighted by molar-refractivity contribution is 0.156. The van der Waals surface area contributed by atoms with Gasteiger partial charge in [-0.3, -0.25) is 0 Å². The summed E-state index contributed by atoms with van der Waals surface area (Å²) in [5.74, 6) is 0. The lowest BCUT2D eigenvalue weighted by Gasteiger charge is -2.38. The normalized spacial score (nSPS) is 18.0. The molecule has 0 amide bonds. The summed E-state index contributed by atoms with van der Waals surface area (Å²) in [4.78, 5) is 1.42. The Hall–Kier alpha value is 0.430. The maximum absolute atomic E-state index is 3.55. The highest BCUT2D eigenvalue weighted by Gasteiger charge is 2.30. The largest absolute Gasteiger partial charge is 0.311 e. The molecule has 1 aromatic heterocycles. The summed E-state index contributed by atoms with van der Waals surface area (Å²) < 4.78 is 1.23. The van der Waals surface area contributed by atoms with E-state index in [0.29, 0.717) is 5.41 Å². The van der Waals surface area contributed by atoms with E-state index >= 15 is 0 Å². The first kappa shape index (κ1) is 13.5. The van der Waals surface area contributed by atoms with Gasteiger partial charge in [-0.15, -0.1) is 23.7 Å². The zero-order chi connectivity index (χ0) is 10.0. The molecule has 0 aliphatic heterocycles. The molecule has 1 aliphatic carbocycles. The van der Waals surface area contributed by atoms with Crippen molar-refractivity contribution in [3.63, 3.8) is 0 Å². The molecule has 1 nitrogen and oxygen atoms in total. The summed E-state index contributed by atoms with van der Waals surface area (Å²) in [6, 6.07) is 4.30. The van der Waals surface area contributed by atoms with Crippen molar-refractivity contribution in [2.45, 2.75) is 32.7 Å². The van der Waals surface area contributed by atoms with Crippen LogP contribution < -0.4 is 5.32 Å². The van der Waals surface area contributed by atoms with E-state index in [2.05, 4.69) is 40.3 Å². The fourth-order valence-electron chi connectivity index (χ4n) is 1.89. The molecule has 0 atom stereocenters. The van der Waals surface area contributed by atoms with E-state index in [1.54, 1.807) is 0 Å². The quantitative estimate of drug-likeness (QED) is 0.878. The summed E-state index contributed by atoms with van der Waals surface area (Å²) in [5.41, 5.74) is 0.592. The SMILES string of the molecule is CC1(CNCc2ccc(Br)s2)CCC1.Cl. The molecular formula is C11H17BrClNS. The molecule has 1 saturated carbocycles. The van der Waals surface area contributed by atoms with Gasteiger partial charge in [-0.1, -0.05) is 13.3 Å². The van der Waals surface area contributed by atoms with Gasteiger partial charge >= 0.3 is 0 Å². The highest BCUT2D eigenvalue weighted by atomic mass is 79.9. The smallest absolute Gasteiger partial charge is 0.0701 e. The third kappa shape index (κ3) is 3.74. The Balaban J connectivity index is 0.00000112. The van der Waals surface area contributed by atoms with Crippen LogP contribution in [0, 0.1) is 5.41 Å². The zero-order valence-electron chi connectivity index (χ0n) is 8.88. The van der Waals surface area contributed by atoms with Crippen LogP contribution in [0.15, 0.2) is 15.9 Å². The van der Waals surface area contributed by atoms with Crippen molar-refractivity contribution in [2.24, 2.45) is 5.41 Å². The molecule has 1 aromatic rings. The van der Waals surface area contributed by atoms with Gasteiger partial charge in [-0.05, 0) is 46.3 Å². The van der Waals surface area contributed by atoms with Gasteiger partial charge in [0.25, 0.3) is 0 Å². The fraction of sp³-hybridized carbons (Fsp3) is 0.636. The second-order valence-corrected chi connectivity index (χ2v) is 7.02. The number of hydrogen-bond donors (Lipinski definition) is 1. The van der Waals surface area contributed by atoms with Crippen LogP contribution in [0.2, 0.25) is 0 Å². The van der Waals surface area contributed by atoms with Crippen LogP contribution >= 0.6 is 39.7 Å². The Morgan fingerprint density at radius 3 is 2.67 bits per heavy atom. The first-order valence-corrected chi connectivity index (χ1v) is 6.74. The van der Waals surface area contributed by atoms with E-state index in [-0.39, 0.29) is 12.4 Å². The van der Waals surface area contributed by atoms with Crippen LogP contribution in [-0.4, -0.2) is 6.54 Å². The van der Waals surface area contributed by atoms with Gasteiger partial charge in [0, 0.05) is 18.0 Å². The third-order valence-electron chi connectivity index (χ3n) is 3.04. The second-order valence-electron chi connectivity index (χ2n) is 4.47. The first-order chi connectivity index (χ1) is 6.68. The Kier molecular flexibility index (Phi) is 5.10. The average Bonchev–Trinajstić information content (AvgIpc) is 2.49. The number of rotatable bonds is 4. The number of nitrogens with one attached hydrogen (secondary N) is 1. The maximum atomic E-state index is 3.55. The first-order valence-electron chi connectivity index (χ1n) is 5.13. The van der Waals surface area contributed by atoms with E-state index in [0.717, 1.165) is 6.54 Å². The third-order valence-corrected chi connectivity index (χ3v) is 4.66. The van der Waals surface area contributed by atoms with Crippen molar-refractivity contribution in [1.82, 2.24) is 5.32 Å². The van der Waals surface area contributed by atoms with Gasteiger partial charge in [-0.2, -0.15) is 0 Å². The van der Waals surface area contributed by atoms with Crippen LogP contribution in [0.25, 0.3) is 0 Å². The Morgan fingerprint density at radius 2 is 2.20 bits per heavy atom. The van der Waals surface area contributed by atoms with Gasteiger partial charge in [0.2, 0.25) is 0 Å². The maximum Gasteiger partial charge on any atom is 0.0701 e. The van der Waals surface area contributed by atoms with E-state index < -0.39 is 0 Å². The summed E-state index contributed by atoms with van der Waals surface area (Å²) in [6.07, 6.45) is 4.21. The Morgan fingerprint density at radius 1 is 1.47 bits per heavy atom. The molecule has 15 heavy (non-hydrogen) atoms. The average molecular weight is 311 g/mol. The molecule has 0 aromatic carbocycles. The van der Waals surface area contributed by atoms with E-state index in [4.69, 9.17) is 0 Å². The minimum atomic E-state index is 0. The second kappa shape index (κ2) is 5.67. The molecule has 0 bridgehead atoms. The Labute approximate surface area is 110 Å². The van der Waals surface area contributed by atoms with E-state index in [9.17, 15) is 0 Å². The molecule has 1 aliphatic rings. The van der Waals surface area contributed by atoms with Crippen LogP contribution in [0.3, 0.4) is 0 Å². The zero-order valence-corrected chi connectivity index (χ0v) is 12.1.